The third kappa shape index (κ3) is 4.63. The summed E-state index contributed by atoms with van der Waals surface area (Å²) in [6.45, 7) is 2.32. The number of ether oxygens (including phenoxy) is 2. The predicted octanol–water partition coefficient (Wildman–Crippen LogP) is 2.42. The summed E-state index contributed by atoms with van der Waals surface area (Å²) in [5, 5.41) is 6.18. The van der Waals surface area contributed by atoms with Crippen LogP contribution in [0.1, 0.15) is 16.7 Å². The molecular formula is C18H21ClN2O3. The molecule has 1 amide bonds. The van der Waals surface area contributed by atoms with Crippen LogP contribution in [0.5, 0.6) is 11.5 Å². The van der Waals surface area contributed by atoms with E-state index in [1.54, 1.807) is 19.2 Å². The topological polar surface area (TPSA) is 59.6 Å². The number of rotatable bonds is 6. The van der Waals surface area contributed by atoms with Gasteiger partial charge in [0.2, 0.25) is 0 Å². The molecule has 1 aliphatic heterocycles. The summed E-state index contributed by atoms with van der Waals surface area (Å²) in [6, 6.07) is 13.5. The maximum absolute atomic E-state index is 11.9. The molecule has 2 N–H and O–H groups in total. The Morgan fingerprint density at radius 3 is 2.75 bits per heavy atom. The molecule has 2 aromatic carbocycles. The van der Waals surface area contributed by atoms with Gasteiger partial charge in [-0.05, 0) is 28.8 Å². The van der Waals surface area contributed by atoms with Gasteiger partial charge in [-0.3, -0.25) is 4.79 Å². The fourth-order valence-corrected chi connectivity index (χ4v) is 2.55. The number of halogens is 1. The summed E-state index contributed by atoms with van der Waals surface area (Å²) in [5.41, 5.74) is 3.74. The van der Waals surface area contributed by atoms with E-state index in [0.29, 0.717) is 18.0 Å². The quantitative estimate of drug-likeness (QED) is 0.841. The third-order valence-electron chi connectivity index (χ3n) is 3.80. The highest BCUT2D eigenvalue weighted by Crippen LogP contribution is 2.19. The van der Waals surface area contributed by atoms with Crippen LogP contribution >= 0.6 is 12.4 Å². The second-order valence-electron chi connectivity index (χ2n) is 5.45. The van der Waals surface area contributed by atoms with Crippen molar-refractivity contribution in [3.8, 4) is 11.5 Å². The van der Waals surface area contributed by atoms with Crippen LogP contribution in [0, 0.1) is 0 Å². The number of hydrogen-bond acceptors (Lipinski definition) is 4. The number of carbonyl (C=O) groups is 1. The van der Waals surface area contributed by atoms with Crippen molar-refractivity contribution in [2.45, 2.75) is 19.6 Å². The Hall–Kier alpha value is -2.24. The van der Waals surface area contributed by atoms with Crippen LogP contribution in [-0.2, 0) is 24.4 Å². The molecule has 0 atom stereocenters. The first-order valence-corrected chi connectivity index (χ1v) is 7.59. The van der Waals surface area contributed by atoms with Gasteiger partial charge in [-0.15, -0.1) is 12.4 Å². The van der Waals surface area contributed by atoms with Crippen molar-refractivity contribution in [3.05, 3.63) is 59.2 Å². The van der Waals surface area contributed by atoms with E-state index in [2.05, 4.69) is 28.8 Å². The van der Waals surface area contributed by atoms with Crippen LogP contribution in [0.15, 0.2) is 42.5 Å². The Bertz CT molecular complexity index is 706. The zero-order valence-corrected chi connectivity index (χ0v) is 14.3. The molecule has 0 aliphatic carbocycles. The van der Waals surface area contributed by atoms with Gasteiger partial charge in [0.1, 0.15) is 11.5 Å². The first kappa shape index (κ1) is 18.1. The van der Waals surface area contributed by atoms with Gasteiger partial charge in [0, 0.05) is 25.7 Å². The number of benzene rings is 2. The van der Waals surface area contributed by atoms with Crippen LogP contribution in [0.3, 0.4) is 0 Å². The van der Waals surface area contributed by atoms with Crippen molar-refractivity contribution in [1.29, 1.82) is 0 Å². The molecule has 6 heteroatoms. The molecule has 5 nitrogen and oxygen atoms in total. The third-order valence-corrected chi connectivity index (χ3v) is 3.80. The van der Waals surface area contributed by atoms with Gasteiger partial charge < -0.3 is 20.1 Å². The molecular weight excluding hydrogens is 328 g/mol. The average molecular weight is 349 g/mol. The summed E-state index contributed by atoms with van der Waals surface area (Å²) in [7, 11) is 1.60. The number of carbonyl (C=O) groups excluding carboxylic acids is 1. The lowest BCUT2D eigenvalue weighted by atomic mass is 10.1. The fraction of sp³-hybridized carbons (Fsp3) is 0.278. The molecule has 3 rings (SSSR count). The monoisotopic (exact) mass is 348 g/mol. The normalized spacial score (nSPS) is 12.0. The standard InChI is InChI=1S/C18H20N2O3.ClH/c1-22-16-3-2-4-17(8-16)23-12-18(21)20-9-13-5-6-14-10-19-11-15(14)7-13;/h2-8,19H,9-12H2,1H3,(H,20,21);1H. The van der Waals surface area contributed by atoms with Crippen molar-refractivity contribution in [3.63, 3.8) is 0 Å². The van der Waals surface area contributed by atoms with Gasteiger partial charge in [0.15, 0.2) is 6.61 Å². The maximum Gasteiger partial charge on any atom is 0.258 e. The summed E-state index contributed by atoms with van der Waals surface area (Å²) in [4.78, 5) is 11.9. The number of fused-ring (bicyclic) bond motifs is 1. The predicted molar refractivity (Wildman–Crippen MR) is 94.6 cm³/mol. The minimum absolute atomic E-state index is 0. The van der Waals surface area contributed by atoms with Crippen molar-refractivity contribution in [2.24, 2.45) is 0 Å². The number of amides is 1. The van der Waals surface area contributed by atoms with Crippen molar-refractivity contribution >= 4 is 18.3 Å². The van der Waals surface area contributed by atoms with Gasteiger partial charge in [-0.2, -0.15) is 0 Å². The Balaban J connectivity index is 0.00000208. The molecule has 0 saturated carbocycles. The highest BCUT2D eigenvalue weighted by molar-refractivity contribution is 5.85. The van der Waals surface area contributed by atoms with E-state index < -0.39 is 0 Å². The van der Waals surface area contributed by atoms with Crippen LogP contribution in [0.25, 0.3) is 0 Å². The summed E-state index contributed by atoms with van der Waals surface area (Å²) in [5.74, 6) is 1.17. The number of nitrogens with one attached hydrogen (secondary N) is 2. The molecule has 0 unspecified atom stereocenters. The van der Waals surface area contributed by atoms with Gasteiger partial charge in [0.25, 0.3) is 5.91 Å². The number of methoxy groups -OCH3 is 1. The Morgan fingerprint density at radius 2 is 1.92 bits per heavy atom. The van der Waals surface area contributed by atoms with Gasteiger partial charge in [0.05, 0.1) is 7.11 Å². The molecule has 0 fully saturated rings. The second-order valence-corrected chi connectivity index (χ2v) is 5.45. The van der Waals surface area contributed by atoms with Crippen LogP contribution in [0.4, 0.5) is 0 Å². The zero-order valence-electron chi connectivity index (χ0n) is 13.5. The highest BCUT2D eigenvalue weighted by Gasteiger charge is 2.10. The van der Waals surface area contributed by atoms with E-state index in [0.717, 1.165) is 18.7 Å². The van der Waals surface area contributed by atoms with Gasteiger partial charge in [-0.25, -0.2) is 0 Å². The maximum atomic E-state index is 11.9. The fourth-order valence-electron chi connectivity index (χ4n) is 2.55. The van der Waals surface area contributed by atoms with Crippen LogP contribution < -0.4 is 20.1 Å². The van der Waals surface area contributed by atoms with Crippen LogP contribution in [-0.4, -0.2) is 19.6 Å². The molecule has 1 heterocycles. The lowest BCUT2D eigenvalue weighted by Crippen LogP contribution is -2.28. The zero-order chi connectivity index (χ0) is 16.1. The van der Waals surface area contributed by atoms with Gasteiger partial charge >= 0.3 is 0 Å². The van der Waals surface area contributed by atoms with Crippen molar-refractivity contribution in [1.82, 2.24) is 10.6 Å². The smallest absolute Gasteiger partial charge is 0.258 e. The summed E-state index contributed by atoms with van der Waals surface area (Å²) >= 11 is 0. The van der Waals surface area contributed by atoms with Crippen LogP contribution in [0.2, 0.25) is 0 Å². The Morgan fingerprint density at radius 1 is 1.12 bits per heavy atom. The molecule has 0 aromatic heterocycles. The molecule has 0 saturated heterocycles. The first-order valence-electron chi connectivity index (χ1n) is 7.59. The molecule has 24 heavy (non-hydrogen) atoms. The van der Waals surface area contributed by atoms with Crippen molar-refractivity contribution < 1.29 is 14.3 Å². The molecule has 1 aliphatic rings. The Labute approximate surface area is 147 Å². The first-order chi connectivity index (χ1) is 11.2. The highest BCUT2D eigenvalue weighted by atomic mass is 35.5. The van der Waals surface area contributed by atoms with E-state index >= 15 is 0 Å². The second kappa shape index (κ2) is 8.57. The van der Waals surface area contributed by atoms with E-state index in [4.69, 9.17) is 9.47 Å². The molecule has 0 bridgehead atoms. The van der Waals surface area contributed by atoms with E-state index in [1.807, 2.05) is 12.1 Å². The van der Waals surface area contributed by atoms with Gasteiger partial charge in [-0.1, -0.05) is 24.3 Å². The number of hydrogen-bond donors (Lipinski definition) is 2. The van der Waals surface area contributed by atoms with E-state index in [-0.39, 0.29) is 24.9 Å². The average Bonchev–Trinajstić information content (AvgIpc) is 3.06. The Kier molecular flexibility index (Phi) is 6.46. The van der Waals surface area contributed by atoms with E-state index in [9.17, 15) is 4.79 Å². The van der Waals surface area contributed by atoms with Crippen molar-refractivity contribution in [2.75, 3.05) is 13.7 Å². The lowest BCUT2D eigenvalue weighted by Gasteiger charge is -2.09. The van der Waals surface area contributed by atoms with E-state index in [1.165, 1.54) is 11.1 Å². The summed E-state index contributed by atoms with van der Waals surface area (Å²) in [6.07, 6.45) is 0. The molecule has 0 radical (unpaired) electrons. The minimum Gasteiger partial charge on any atom is -0.497 e. The molecule has 128 valence electrons. The summed E-state index contributed by atoms with van der Waals surface area (Å²) < 4.78 is 10.6. The molecule has 2 aromatic rings. The minimum atomic E-state index is -0.147. The largest absolute Gasteiger partial charge is 0.497 e. The molecule has 0 spiro atoms. The lowest BCUT2D eigenvalue weighted by molar-refractivity contribution is -0.123. The SMILES string of the molecule is COc1cccc(OCC(=O)NCc2ccc3c(c2)CNC3)c1.Cl.